The van der Waals surface area contributed by atoms with Crippen molar-refractivity contribution >= 4 is 17.5 Å². The monoisotopic (exact) mass is 347 g/mol. The third-order valence-corrected chi connectivity index (χ3v) is 3.72. The van der Waals surface area contributed by atoms with E-state index in [-0.39, 0.29) is 18.8 Å². The van der Waals surface area contributed by atoms with Gasteiger partial charge in [0.1, 0.15) is 5.75 Å². The molecule has 1 aliphatic heterocycles. The summed E-state index contributed by atoms with van der Waals surface area (Å²) in [6.07, 6.45) is 0.131. The summed E-state index contributed by atoms with van der Waals surface area (Å²) < 4.78 is 16.1. The predicted molar refractivity (Wildman–Crippen MR) is 91.0 cm³/mol. The van der Waals surface area contributed by atoms with Gasteiger partial charge in [0.15, 0.2) is 11.5 Å². The molecule has 1 aliphatic rings. The van der Waals surface area contributed by atoms with Crippen LogP contribution in [-0.4, -0.2) is 18.8 Å². The summed E-state index contributed by atoms with van der Waals surface area (Å²) in [4.78, 5) is 12.3. The maximum atomic E-state index is 12.3. The minimum atomic E-state index is -0.224. The molecule has 5 nitrogen and oxygen atoms in total. The van der Waals surface area contributed by atoms with E-state index in [1.807, 2.05) is 38.1 Å². The fraction of sp³-hybridized carbons (Fsp3) is 0.278. The third-order valence-electron chi connectivity index (χ3n) is 3.44. The number of halogens is 1. The van der Waals surface area contributed by atoms with E-state index < -0.39 is 0 Å². The fourth-order valence-electron chi connectivity index (χ4n) is 2.34. The lowest BCUT2D eigenvalue weighted by Gasteiger charge is -2.11. The van der Waals surface area contributed by atoms with Gasteiger partial charge in [-0.25, -0.2) is 0 Å². The van der Waals surface area contributed by atoms with Crippen LogP contribution in [0.3, 0.4) is 0 Å². The molecule has 1 heterocycles. The highest BCUT2D eigenvalue weighted by atomic mass is 35.5. The number of carbonyl (C=O) groups excluding carboxylic acids is 1. The Hall–Kier alpha value is -2.40. The number of hydrogen-bond acceptors (Lipinski definition) is 4. The topological polar surface area (TPSA) is 56.8 Å². The number of benzene rings is 2. The molecule has 0 radical (unpaired) electrons. The molecule has 0 atom stereocenters. The maximum Gasteiger partial charge on any atom is 0.251 e. The number of ether oxygens (including phenoxy) is 3. The van der Waals surface area contributed by atoms with Crippen LogP contribution in [0.1, 0.15) is 29.8 Å². The SMILES string of the molecule is CC(C)Oc1ccc(CNC(=O)c2cc(Cl)c3c(c2)OCO3)cc1. The first kappa shape index (κ1) is 16.5. The number of amides is 1. The zero-order valence-electron chi connectivity index (χ0n) is 13.5. The molecule has 0 saturated carbocycles. The Morgan fingerprint density at radius 3 is 2.71 bits per heavy atom. The van der Waals surface area contributed by atoms with Crippen molar-refractivity contribution in [2.24, 2.45) is 0 Å². The van der Waals surface area contributed by atoms with Crippen molar-refractivity contribution in [2.45, 2.75) is 26.5 Å². The van der Waals surface area contributed by atoms with Crippen molar-refractivity contribution in [3.63, 3.8) is 0 Å². The summed E-state index contributed by atoms with van der Waals surface area (Å²) >= 11 is 6.10. The molecule has 0 aliphatic carbocycles. The van der Waals surface area contributed by atoms with E-state index in [4.69, 9.17) is 25.8 Å². The summed E-state index contributed by atoms with van der Waals surface area (Å²) in [6.45, 7) is 4.48. The van der Waals surface area contributed by atoms with Crippen LogP contribution in [0.15, 0.2) is 36.4 Å². The molecule has 1 amide bonds. The van der Waals surface area contributed by atoms with Gasteiger partial charge in [0.2, 0.25) is 6.79 Å². The minimum Gasteiger partial charge on any atom is -0.491 e. The third kappa shape index (κ3) is 3.74. The number of nitrogens with one attached hydrogen (secondary N) is 1. The van der Waals surface area contributed by atoms with Gasteiger partial charge in [-0.15, -0.1) is 0 Å². The molecule has 0 fully saturated rings. The second-order valence-electron chi connectivity index (χ2n) is 5.69. The Morgan fingerprint density at radius 1 is 1.25 bits per heavy atom. The van der Waals surface area contributed by atoms with Crippen molar-refractivity contribution in [2.75, 3.05) is 6.79 Å². The second kappa shape index (κ2) is 7.01. The molecular formula is C18H18ClNO4. The van der Waals surface area contributed by atoms with E-state index in [0.29, 0.717) is 28.6 Å². The van der Waals surface area contributed by atoms with Gasteiger partial charge < -0.3 is 19.5 Å². The summed E-state index contributed by atoms with van der Waals surface area (Å²) in [5, 5.41) is 3.23. The van der Waals surface area contributed by atoms with E-state index in [9.17, 15) is 4.79 Å². The Balaban J connectivity index is 1.62. The van der Waals surface area contributed by atoms with Crippen LogP contribution < -0.4 is 19.5 Å². The van der Waals surface area contributed by atoms with Crippen LogP contribution in [0.2, 0.25) is 5.02 Å². The van der Waals surface area contributed by atoms with Crippen molar-refractivity contribution < 1.29 is 19.0 Å². The standard InChI is InChI=1S/C18H18ClNO4/c1-11(2)24-14-5-3-12(4-6-14)9-20-18(21)13-7-15(19)17-16(8-13)22-10-23-17/h3-8,11H,9-10H2,1-2H3,(H,20,21). The molecule has 0 aromatic heterocycles. The number of fused-ring (bicyclic) bond motifs is 1. The summed E-state index contributed by atoms with van der Waals surface area (Å²) in [5.74, 6) is 1.55. The molecule has 2 aromatic carbocycles. The molecule has 24 heavy (non-hydrogen) atoms. The summed E-state index contributed by atoms with van der Waals surface area (Å²) in [5.41, 5.74) is 1.41. The van der Waals surface area contributed by atoms with Gasteiger partial charge in [0.25, 0.3) is 5.91 Å². The number of carbonyl (C=O) groups is 1. The van der Waals surface area contributed by atoms with Crippen molar-refractivity contribution in [3.8, 4) is 17.2 Å². The Kier molecular flexibility index (Phi) is 4.81. The van der Waals surface area contributed by atoms with Gasteiger partial charge >= 0.3 is 0 Å². The largest absolute Gasteiger partial charge is 0.491 e. The zero-order valence-corrected chi connectivity index (χ0v) is 14.2. The quantitative estimate of drug-likeness (QED) is 0.894. The average molecular weight is 348 g/mol. The van der Waals surface area contributed by atoms with Gasteiger partial charge in [0.05, 0.1) is 11.1 Å². The first-order valence-electron chi connectivity index (χ1n) is 7.66. The van der Waals surface area contributed by atoms with E-state index in [2.05, 4.69) is 5.32 Å². The van der Waals surface area contributed by atoms with E-state index in [1.165, 1.54) is 0 Å². The van der Waals surface area contributed by atoms with Crippen molar-refractivity contribution in [1.29, 1.82) is 0 Å². The van der Waals surface area contributed by atoms with Crippen molar-refractivity contribution in [3.05, 3.63) is 52.5 Å². The zero-order chi connectivity index (χ0) is 17.1. The Bertz CT molecular complexity index is 743. The van der Waals surface area contributed by atoms with Crippen LogP contribution >= 0.6 is 11.6 Å². The lowest BCUT2D eigenvalue weighted by molar-refractivity contribution is 0.0950. The molecule has 0 spiro atoms. The molecule has 0 unspecified atom stereocenters. The highest BCUT2D eigenvalue weighted by Crippen LogP contribution is 2.39. The predicted octanol–water partition coefficient (Wildman–Crippen LogP) is 3.79. The molecule has 0 bridgehead atoms. The first-order chi connectivity index (χ1) is 11.5. The number of rotatable bonds is 5. The summed E-state index contributed by atoms with van der Waals surface area (Å²) in [7, 11) is 0. The summed E-state index contributed by atoms with van der Waals surface area (Å²) in [6, 6.07) is 10.8. The molecular weight excluding hydrogens is 330 g/mol. The lowest BCUT2D eigenvalue weighted by atomic mass is 10.1. The van der Waals surface area contributed by atoms with Gasteiger partial charge in [-0.2, -0.15) is 0 Å². The van der Waals surface area contributed by atoms with Crippen LogP contribution in [-0.2, 0) is 6.54 Å². The molecule has 1 N–H and O–H groups in total. The van der Waals surface area contributed by atoms with Gasteiger partial charge in [-0.05, 0) is 43.7 Å². The molecule has 126 valence electrons. The van der Waals surface area contributed by atoms with E-state index in [0.717, 1.165) is 11.3 Å². The highest BCUT2D eigenvalue weighted by molar-refractivity contribution is 6.32. The smallest absolute Gasteiger partial charge is 0.251 e. The Labute approximate surface area is 145 Å². The van der Waals surface area contributed by atoms with Crippen LogP contribution in [0.25, 0.3) is 0 Å². The molecule has 3 rings (SSSR count). The average Bonchev–Trinajstić information content (AvgIpc) is 3.02. The fourth-order valence-corrected chi connectivity index (χ4v) is 2.61. The van der Waals surface area contributed by atoms with Gasteiger partial charge in [-0.3, -0.25) is 4.79 Å². The molecule has 0 saturated heterocycles. The minimum absolute atomic E-state index is 0.116. The van der Waals surface area contributed by atoms with Crippen molar-refractivity contribution in [1.82, 2.24) is 5.32 Å². The van der Waals surface area contributed by atoms with E-state index >= 15 is 0 Å². The molecule has 6 heteroatoms. The van der Waals surface area contributed by atoms with E-state index in [1.54, 1.807) is 12.1 Å². The highest BCUT2D eigenvalue weighted by Gasteiger charge is 2.20. The van der Waals surface area contributed by atoms with Crippen LogP contribution in [0, 0.1) is 0 Å². The lowest BCUT2D eigenvalue weighted by Crippen LogP contribution is -2.22. The number of hydrogen-bond donors (Lipinski definition) is 1. The van der Waals surface area contributed by atoms with Gasteiger partial charge in [-0.1, -0.05) is 23.7 Å². The second-order valence-corrected chi connectivity index (χ2v) is 6.09. The van der Waals surface area contributed by atoms with Crippen LogP contribution in [0.4, 0.5) is 0 Å². The Morgan fingerprint density at radius 2 is 2.00 bits per heavy atom. The normalized spacial score (nSPS) is 12.3. The first-order valence-corrected chi connectivity index (χ1v) is 8.03. The molecule has 2 aromatic rings. The van der Waals surface area contributed by atoms with Gasteiger partial charge in [0, 0.05) is 12.1 Å². The maximum absolute atomic E-state index is 12.3. The van der Waals surface area contributed by atoms with Crippen LogP contribution in [0.5, 0.6) is 17.2 Å².